The van der Waals surface area contributed by atoms with Gasteiger partial charge in [-0.2, -0.15) is 0 Å². The second-order valence-corrected chi connectivity index (χ2v) is 5.53. The Bertz CT molecular complexity index is 363. The molecule has 1 atom stereocenters. The van der Waals surface area contributed by atoms with Crippen molar-refractivity contribution < 1.29 is 0 Å². The molecule has 2 rings (SSSR count). The summed E-state index contributed by atoms with van der Waals surface area (Å²) in [5.41, 5.74) is 9.72. The summed E-state index contributed by atoms with van der Waals surface area (Å²) < 4.78 is 0. The van der Waals surface area contributed by atoms with Gasteiger partial charge in [-0.05, 0) is 56.9 Å². The second kappa shape index (κ2) is 3.53. The number of benzene rings is 1. The molecule has 0 amide bonds. The summed E-state index contributed by atoms with van der Waals surface area (Å²) in [6.45, 7) is 6.64. The van der Waals surface area contributed by atoms with Crippen LogP contribution in [0.1, 0.15) is 31.9 Å². The van der Waals surface area contributed by atoms with Crippen molar-refractivity contribution in [3.8, 4) is 0 Å². The van der Waals surface area contributed by atoms with Crippen LogP contribution in [0.4, 0.5) is 5.69 Å². The Morgan fingerprint density at radius 1 is 1.20 bits per heavy atom. The van der Waals surface area contributed by atoms with E-state index in [-0.39, 0.29) is 5.54 Å². The summed E-state index contributed by atoms with van der Waals surface area (Å²) in [5, 5.41) is 3.64. The molecule has 82 valence electrons. The molecule has 1 aromatic carbocycles. The minimum atomic E-state index is 0.193. The first-order valence-corrected chi connectivity index (χ1v) is 5.59. The first-order valence-electron chi connectivity index (χ1n) is 5.59. The number of nitrogens with two attached hydrogens (primary N) is 1. The second-order valence-electron chi connectivity index (χ2n) is 5.53. The van der Waals surface area contributed by atoms with Crippen LogP contribution in [0.3, 0.4) is 0 Å². The van der Waals surface area contributed by atoms with Crippen LogP contribution in [0, 0.1) is 0 Å². The largest absolute Gasteiger partial charge is 0.399 e. The predicted molar refractivity (Wildman–Crippen MR) is 64.9 cm³/mol. The number of nitrogen functional groups attached to an aromatic ring is 1. The smallest absolute Gasteiger partial charge is 0.0316 e. The van der Waals surface area contributed by atoms with Gasteiger partial charge in [0.25, 0.3) is 0 Å². The maximum atomic E-state index is 5.78. The van der Waals surface area contributed by atoms with Gasteiger partial charge in [0.05, 0.1) is 0 Å². The average molecular weight is 204 g/mol. The van der Waals surface area contributed by atoms with Gasteiger partial charge in [0.15, 0.2) is 0 Å². The SMILES string of the molecule is CC(C)(C)NC1Cc2ccc(N)cc2C1. The highest BCUT2D eigenvalue weighted by atomic mass is 15.0. The van der Waals surface area contributed by atoms with Crippen molar-refractivity contribution >= 4 is 5.69 Å². The number of hydrogen-bond donors (Lipinski definition) is 2. The van der Waals surface area contributed by atoms with Crippen molar-refractivity contribution in [2.45, 2.75) is 45.2 Å². The van der Waals surface area contributed by atoms with Gasteiger partial charge in [-0.1, -0.05) is 6.07 Å². The molecule has 0 aromatic heterocycles. The maximum absolute atomic E-state index is 5.78. The van der Waals surface area contributed by atoms with Crippen molar-refractivity contribution in [3.05, 3.63) is 29.3 Å². The topological polar surface area (TPSA) is 38.0 Å². The fraction of sp³-hybridized carbons (Fsp3) is 0.538. The molecular formula is C13H20N2. The van der Waals surface area contributed by atoms with Gasteiger partial charge in [0.2, 0.25) is 0 Å². The van der Waals surface area contributed by atoms with Crippen LogP contribution in [-0.4, -0.2) is 11.6 Å². The summed E-state index contributed by atoms with van der Waals surface area (Å²) in [5.74, 6) is 0. The molecule has 3 N–H and O–H groups in total. The van der Waals surface area contributed by atoms with Crippen LogP contribution in [0.5, 0.6) is 0 Å². The normalized spacial score (nSPS) is 20.3. The van der Waals surface area contributed by atoms with Crippen LogP contribution < -0.4 is 11.1 Å². The zero-order chi connectivity index (χ0) is 11.1. The van der Waals surface area contributed by atoms with E-state index in [1.807, 2.05) is 6.07 Å². The first kappa shape index (κ1) is 10.5. The zero-order valence-electron chi connectivity index (χ0n) is 9.80. The Morgan fingerprint density at radius 3 is 2.53 bits per heavy atom. The van der Waals surface area contributed by atoms with Crippen molar-refractivity contribution in [3.63, 3.8) is 0 Å². The monoisotopic (exact) mass is 204 g/mol. The van der Waals surface area contributed by atoms with Gasteiger partial charge in [0.1, 0.15) is 0 Å². The molecule has 2 heteroatoms. The van der Waals surface area contributed by atoms with E-state index in [2.05, 4.69) is 38.2 Å². The predicted octanol–water partition coefficient (Wildman–Crippen LogP) is 2.12. The van der Waals surface area contributed by atoms with Crippen LogP contribution in [0.2, 0.25) is 0 Å². The Kier molecular flexibility index (Phi) is 2.47. The standard InChI is InChI=1S/C13H20N2/c1-13(2,3)15-12-7-9-4-5-11(14)6-10(9)8-12/h4-6,12,15H,7-8,14H2,1-3H3. The van der Waals surface area contributed by atoms with E-state index in [0.29, 0.717) is 6.04 Å². The molecule has 0 heterocycles. The molecule has 0 bridgehead atoms. The molecule has 0 saturated carbocycles. The average Bonchev–Trinajstić information content (AvgIpc) is 2.42. The molecule has 0 radical (unpaired) electrons. The van der Waals surface area contributed by atoms with Gasteiger partial charge in [-0.15, -0.1) is 0 Å². The van der Waals surface area contributed by atoms with E-state index in [1.54, 1.807) is 0 Å². The van der Waals surface area contributed by atoms with Gasteiger partial charge in [-0.25, -0.2) is 0 Å². The minimum absolute atomic E-state index is 0.193. The Balaban J connectivity index is 2.09. The third kappa shape index (κ3) is 2.51. The molecule has 1 aliphatic rings. The Labute approximate surface area is 91.9 Å². The van der Waals surface area contributed by atoms with Gasteiger partial charge < -0.3 is 11.1 Å². The molecule has 1 aliphatic carbocycles. The van der Waals surface area contributed by atoms with Gasteiger partial charge in [-0.3, -0.25) is 0 Å². The van der Waals surface area contributed by atoms with E-state index in [1.165, 1.54) is 11.1 Å². The molecule has 2 nitrogen and oxygen atoms in total. The highest BCUT2D eigenvalue weighted by Gasteiger charge is 2.24. The number of fused-ring (bicyclic) bond motifs is 1. The van der Waals surface area contributed by atoms with Crippen molar-refractivity contribution in [2.75, 3.05) is 5.73 Å². The lowest BCUT2D eigenvalue weighted by Crippen LogP contribution is -2.44. The number of rotatable bonds is 1. The number of nitrogens with one attached hydrogen (secondary N) is 1. The quantitative estimate of drug-likeness (QED) is 0.688. The fourth-order valence-electron chi connectivity index (χ4n) is 2.35. The molecule has 15 heavy (non-hydrogen) atoms. The van der Waals surface area contributed by atoms with Crippen molar-refractivity contribution in [1.29, 1.82) is 0 Å². The van der Waals surface area contributed by atoms with Crippen LogP contribution in [0.15, 0.2) is 18.2 Å². The molecule has 0 fully saturated rings. The molecule has 0 aliphatic heterocycles. The first-order chi connectivity index (χ1) is 6.94. The van der Waals surface area contributed by atoms with Crippen LogP contribution in [-0.2, 0) is 12.8 Å². The number of anilines is 1. The highest BCUT2D eigenvalue weighted by Crippen LogP contribution is 2.25. The molecule has 1 unspecified atom stereocenters. The molecule has 1 aromatic rings. The summed E-state index contributed by atoms with van der Waals surface area (Å²) in [4.78, 5) is 0. The van der Waals surface area contributed by atoms with E-state index in [9.17, 15) is 0 Å². The van der Waals surface area contributed by atoms with E-state index in [4.69, 9.17) is 5.73 Å². The van der Waals surface area contributed by atoms with Crippen molar-refractivity contribution in [2.24, 2.45) is 0 Å². The van der Waals surface area contributed by atoms with Crippen LogP contribution in [0.25, 0.3) is 0 Å². The zero-order valence-corrected chi connectivity index (χ0v) is 9.80. The van der Waals surface area contributed by atoms with Crippen LogP contribution >= 0.6 is 0 Å². The fourth-order valence-corrected chi connectivity index (χ4v) is 2.35. The lowest BCUT2D eigenvalue weighted by molar-refractivity contribution is 0.365. The number of hydrogen-bond acceptors (Lipinski definition) is 2. The maximum Gasteiger partial charge on any atom is 0.0316 e. The summed E-state index contributed by atoms with van der Waals surface area (Å²) in [7, 11) is 0. The van der Waals surface area contributed by atoms with E-state index < -0.39 is 0 Å². The Morgan fingerprint density at radius 2 is 1.87 bits per heavy atom. The third-order valence-electron chi connectivity index (χ3n) is 2.80. The lowest BCUT2D eigenvalue weighted by Gasteiger charge is -2.25. The lowest BCUT2D eigenvalue weighted by atomic mass is 10.1. The summed E-state index contributed by atoms with van der Waals surface area (Å²) in [6.07, 6.45) is 2.24. The van der Waals surface area contributed by atoms with Crippen molar-refractivity contribution in [1.82, 2.24) is 5.32 Å². The summed E-state index contributed by atoms with van der Waals surface area (Å²) >= 11 is 0. The van der Waals surface area contributed by atoms with Gasteiger partial charge in [0, 0.05) is 17.3 Å². The van der Waals surface area contributed by atoms with E-state index >= 15 is 0 Å². The summed E-state index contributed by atoms with van der Waals surface area (Å²) in [6, 6.07) is 6.84. The highest BCUT2D eigenvalue weighted by molar-refractivity contribution is 5.47. The minimum Gasteiger partial charge on any atom is -0.399 e. The molecule has 0 spiro atoms. The molecular weight excluding hydrogens is 184 g/mol. The third-order valence-corrected chi connectivity index (χ3v) is 2.80. The molecule has 0 saturated heterocycles. The van der Waals surface area contributed by atoms with E-state index in [0.717, 1.165) is 18.5 Å². The Hall–Kier alpha value is -1.02. The van der Waals surface area contributed by atoms with Gasteiger partial charge >= 0.3 is 0 Å².